The van der Waals surface area contributed by atoms with Gasteiger partial charge in [0, 0.05) is 23.9 Å². The van der Waals surface area contributed by atoms with E-state index in [1.54, 1.807) is 0 Å². The first-order chi connectivity index (χ1) is 6.97. The summed E-state index contributed by atoms with van der Waals surface area (Å²) >= 11 is 0. The average Bonchev–Trinajstić information content (AvgIpc) is 2.44. The molecule has 1 aromatic rings. The third kappa shape index (κ3) is 2.49. The predicted octanol–water partition coefficient (Wildman–Crippen LogP) is 3.06. The monoisotopic (exact) mass is 207 g/mol. The molecular formula is C13H21NO. The van der Waals surface area contributed by atoms with Gasteiger partial charge in [0.15, 0.2) is 0 Å². The molecule has 0 spiro atoms. The summed E-state index contributed by atoms with van der Waals surface area (Å²) in [5.41, 5.74) is 3.66. The number of nitrogens with zero attached hydrogens (tertiary/aromatic N) is 1. The van der Waals surface area contributed by atoms with Gasteiger partial charge >= 0.3 is 0 Å². The summed E-state index contributed by atoms with van der Waals surface area (Å²) in [5, 5.41) is 0. The van der Waals surface area contributed by atoms with Crippen molar-refractivity contribution in [1.29, 1.82) is 0 Å². The Balaban J connectivity index is 3.08. The Labute approximate surface area is 92.3 Å². The van der Waals surface area contributed by atoms with Crippen LogP contribution in [0.5, 0.6) is 0 Å². The van der Waals surface area contributed by atoms with Crippen LogP contribution in [0.3, 0.4) is 0 Å². The van der Waals surface area contributed by atoms with Crippen molar-refractivity contribution in [3.63, 3.8) is 0 Å². The molecule has 0 fully saturated rings. The van der Waals surface area contributed by atoms with E-state index in [1.807, 2.05) is 6.92 Å². The minimum Gasteiger partial charge on any atom is -0.349 e. The lowest BCUT2D eigenvalue weighted by Crippen LogP contribution is -2.08. The van der Waals surface area contributed by atoms with E-state index in [1.165, 1.54) is 17.0 Å². The van der Waals surface area contributed by atoms with Gasteiger partial charge in [0.25, 0.3) is 0 Å². The first kappa shape index (κ1) is 12.0. The molecule has 0 aliphatic heterocycles. The molecule has 1 aromatic heterocycles. The quantitative estimate of drug-likeness (QED) is 0.695. The first-order valence-electron chi connectivity index (χ1n) is 5.59. The molecule has 2 nitrogen and oxygen atoms in total. The predicted molar refractivity (Wildman–Crippen MR) is 63.2 cm³/mol. The van der Waals surface area contributed by atoms with Gasteiger partial charge < -0.3 is 9.36 Å². The van der Waals surface area contributed by atoms with E-state index in [2.05, 4.69) is 38.3 Å². The zero-order valence-corrected chi connectivity index (χ0v) is 10.4. The standard InChI is InChI=1S/C13H21NO/c1-9(2)7-14-11(4)6-13(12(14)5)10(3)8-15/h6,8-10H,7H2,1-5H3. The van der Waals surface area contributed by atoms with E-state index >= 15 is 0 Å². The maximum Gasteiger partial charge on any atom is 0.127 e. The van der Waals surface area contributed by atoms with Gasteiger partial charge in [0.1, 0.15) is 6.29 Å². The summed E-state index contributed by atoms with van der Waals surface area (Å²) in [6.45, 7) is 11.6. The van der Waals surface area contributed by atoms with E-state index < -0.39 is 0 Å². The van der Waals surface area contributed by atoms with E-state index in [0.29, 0.717) is 5.92 Å². The van der Waals surface area contributed by atoms with Gasteiger partial charge in [-0.25, -0.2) is 0 Å². The Morgan fingerprint density at radius 1 is 1.33 bits per heavy atom. The zero-order valence-electron chi connectivity index (χ0n) is 10.4. The van der Waals surface area contributed by atoms with Crippen molar-refractivity contribution in [2.75, 3.05) is 0 Å². The summed E-state index contributed by atoms with van der Waals surface area (Å²) in [5.74, 6) is 0.645. The van der Waals surface area contributed by atoms with Crippen LogP contribution < -0.4 is 0 Å². The maximum absolute atomic E-state index is 10.8. The van der Waals surface area contributed by atoms with E-state index in [0.717, 1.165) is 12.8 Å². The molecule has 0 N–H and O–H groups in total. The second kappa shape index (κ2) is 4.65. The molecule has 0 saturated heterocycles. The molecule has 0 saturated carbocycles. The summed E-state index contributed by atoms with van der Waals surface area (Å²) in [7, 11) is 0. The van der Waals surface area contributed by atoms with Gasteiger partial charge in [-0.3, -0.25) is 0 Å². The number of hydrogen-bond donors (Lipinski definition) is 0. The molecule has 0 aliphatic carbocycles. The van der Waals surface area contributed by atoms with Gasteiger partial charge in [-0.1, -0.05) is 20.8 Å². The summed E-state index contributed by atoms with van der Waals surface area (Å²) in [4.78, 5) is 10.8. The summed E-state index contributed by atoms with van der Waals surface area (Å²) in [6, 6.07) is 2.14. The lowest BCUT2D eigenvalue weighted by molar-refractivity contribution is -0.108. The van der Waals surface area contributed by atoms with E-state index in [9.17, 15) is 4.79 Å². The minimum atomic E-state index is 0.0112. The molecule has 84 valence electrons. The van der Waals surface area contributed by atoms with Crippen molar-refractivity contribution in [2.45, 2.75) is 47.1 Å². The third-order valence-corrected chi connectivity index (χ3v) is 2.86. The minimum absolute atomic E-state index is 0.0112. The van der Waals surface area contributed by atoms with Crippen molar-refractivity contribution >= 4 is 6.29 Å². The largest absolute Gasteiger partial charge is 0.349 e. The topological polar surface area (TPSA) is 22.0 Å². The molecule has 1 rings (SSSR count). The van der Waals surface area contributed by atoms with Crippen molar-refractivity contribution in [3.8, 4) is 0 Å². The first-order valence-corrected chi connectivity index (χ1v) is 5.59. The third-order valence-electron chi connectivity index (χ3n) is 2.86. The SMILES string of the molecule is Cc1cc(C(C)C=O)c(C)n1CC(C)C. The highest BCUT2D eigenvalue weighted by molar-refractivity contribution is 5.62. The molecule has 0 amide bonds. The van der Waals surface area contributed by atoms with Gasteiger partial charge in [-0.15, -0.1) is 0 Å². The molecule has 0 radical (unpaired) electrons. The molecular weight excluding hydrogens is 186 g/mol. The number of hydrogen-bond acceptors (Lipinski definition) is 1. The second-order valence-corrected chi connectivity index (χ2v) is 4.76. The van der Waals surface area contributed by atoms with Crippen molar-refractivity contribution < 1.29 is 4.79 Å². The normalized spacial score (nSPS) is 13.2. The molecule has 2 heteroatoms. The number of aromatic nitrogens is 1. The molecule has 0 aliphatic rings. The molecule has 1 heterocycles. The number of carbonyl (C=O) groups is 1. The molecule has 1 atom stereocenters. The molecule has 0 bridgehead atoms. The fraction of sp³-hybridized carbons (Fsp3) is 0.615. The smallest absolute Gasteiger partial charge is 0.127 e. The van der Waals surface area contributed by atoms with Crippen molar-refractivity contribution in [2.24, 2.45) is 5.92 Å². The van der Waals surface area contributed by atoms with Gasteiger partial charge in [-0.2, -0.15) is 0 Å². The van der Waals surface area contributed by atoms with Crippen molar-refractivity contribution in [3.05, 3.63) is 23.0 Å². The highest BCUT2D eigenvalue weighted by Crippen LogP contribution is 2.23. The fourth-order valence-corrected chi connectivity index (χ4v) is 2.01. The van der Waals surface area contributed by atoms with E-state index in [4.69, 9.17) is 0 Å². The molecule has 15 heavy (non-hydrogen) atoms. The summed E-state index contributed by atoms with van der Waals surface area (Å²) < 4.78 is 2.31. The highest BCUT2D eigenvalue weighted by Gasteiger charge is 2.14. The highest BCUT2D eigenvalue weighted by atomic mass is 16.1. The Hall–Kier alpha value is -1.05. The lowest BCUT2D eigenvalue weighted by atomic mass is 10.0. The number of carbonyl (C=O) groups excluding carboxylic acids is 1. The van der Waals surface area contributed by atoms with Crippen LogP contribution in [-0.4, -0.2) is 10.9 Å². The maximum atomic E-state index is 10.8. The van der Waals surface area contributed by atoms with Crippen LogP contribution in [0.2, 0.25) is 0 Å². The van der Waals surface area contributed by atoms with Crippen LogP contribution in [0.15, 0.2) is 6.07 Å². The Bertz CT molecular complexity index is 350. The lowest BCUT2D eigenvalue weighted by Gasteiger charge is -2.12. The second-order valence-electron chi connectivity index (χ2n) is 4.76. The zero-order chi connectivity index (χ0) is 11.6. The summed E-state index contributed by atoms with van der Waals surface area (Å²) in [6.07, 6.45) is 1.02. The van der Waals surface area contributed by atoms with Crippen LogP contribution in [0, 0.1) is 19.8 Å². The van der Waals surface area contributed by atoms with Crippen LogP contribution in [-0.2, 0) is 11.3 Å². The molecule has 0 aromatic carbocycles. The van der Waals surface area contributed by atoms with Crippen LogP contribution in [0.25, 0.3) is 0 Å². The fourth-order valence-electron chi connectivity index (χ4n) is 2.01. The number of rotatable bonds is 4. The number of aryl methyl sites for hydroxylation is 1. The van der Waals surface area contributed by atoms with Gasteiger partial charge in [-0.05, 0) is 31.4 Å². The van der Waals surface area contributed by atoms with Crippen LogP contribution in [0.4, 0.5) is 0 Å². The average molecular weight is 207 g/mol. The van der Waals surface area contributed by atoms with E-state index in [-0.39, 0.29) is 5.92 Å². The van der Waals surface area contributed by atoms with Crippen molar-refractivity contribution in [1.82, 2.24) is 4.57 Å². The number of aldehydes is 1. The van der Waals surface area contributed by atoms with Gasteiger partial charge in [0.2, 0.25) is 0 Å². The van der Waals surface area contributed by atoms with Crippen LogP contribution in [0.1, 0.15) is 43.6 Å². The Kier molecular flexibility index (Phi) is 3.72. The van der Waals surface area contributed by atoms with Crippen LogP contribution >= 0.6 is 0 Å². The van der Waals surface area contributed by atoms with Gasteiger partial charge in [0.05, 0.1) is 0 Å². The molecule has 1 unspecified atom stereocenters. The Morgan fingerprint density at radius 2 is 1.93 bits per heavy atom. The Morgan fingerprint density at radius 3 is 2.40 bits per heavy atom.